The maximum absolute atomic E-state index is 10.2. The van der Waals surface area contributed by atoms with E-state index in [9.17, 15) is 9.90 Å². The van der Waals surface area contributed by atoms with Crippen molar-refractivity contribution in [2.24, 2.45) is 0 Å². The van der Waals surface area contributed by atoms with Crippen LogP contribution in [0.4, 0.5) is 0 Å². The molecule has 0 aromatic rings. The summed E-state index contributed by atoms with van der Waals surface area (Å²) < 4.78 is 0. The predicted molar refractivity (Wildman–Crippen MR) is 75.2 cm³/mol. The van der Waals surface area contributed by atoms with Crippen molar-refractivity contribution in [2.45, 2.75) is 84.0 Å². The van der Waals surface area contributed by atoms with Gasteiger partial charge in [-0.15, -0.1) is 0 Å². The molecule has 0 bridgehead atoms. The third kappa shape index (κ3) is 21.3. The number of carbonyl (C=O) groups is 1. The summed E-state index contributed by atoms with van der Waals surface area (Å²) in [5.74, 6) is -0.916. The number of allylic oxidation sites excluding steroid dienone is 2. The molecule has 2 nitrogen and oxygen atoms in total. The Bertz CT molecular complexity index is 215. The zero-order valence-corrected chi connectivity index (χ0v) is 16.1. The van der Waals surface area contributed by atoms with Gasteiger partial charge in [-0.3, -0.25) is 0 Å². The third-order valence-corrected chi connectivity index (χ3v) is 3.14. The van der Waals surface area contributed by atoms with Crippen LogP contribution in [0.5, 0.6) is 0 Å². The van der Waals surface area contributed by atoms with Crippen molar-refractivity contribution in [3.05, 3.63) is 12.2 Å². The molecule has 3 heteroatoms. The number of unbranched alkanes of at least 4 members (excludes halogenated alkanes) is 9. The second-order valence-electron chi connectivity index (χ2n) is 5.00. The number of carboxylic acids is 1. The van der Waals surface area contributed by atoms with Gasteiger partial charge in [-0.25, -0.2) is 0 Å². The fourth-order valence-corrected chi connectivity index (χ4v) is 1.99. The maximum atomic E-state index is 10.2. The Morgan fingerprint density at radius 1 is 0.842 bits per heavy atom. The van der Waals surface area contributed by atoms with Crippen LogP contribution in [0.1, 0.15) is 84.0 Å². The quantitative estimate of drug-likeness (QED) is 0.289. The average Bonchev–Trinajstić information content (AvgIpc) is 2.34. The summed E-state index contributed by atoms with van der Waals surface area (Å²) in [6, 6.07) is 0. The Morgan fingerprint density at radius 2 is 1.32 bits per heavy atom. The van der Waals surface area contributed by atoms with Gasteiger partial charge in [0.2, 0.25) is 0 Å². The van der Waals surface area contributed by atoms with Crippen LogP contribution in [-0.2, 0) is 4.79 Å². The molecule has 0 aliphatic carbocycles. The number of hydrogen-bond acceptors (Lipinski definition) is 2. The Hall–Kier alpha value is 0.846. The van der Waals surface area contributed by atoms with Crippen LogP contribution in [0.2, 0.25) is 0 Å². The molecule has 0 heterocycles. The van der Waals surface area contributed by atoms with Gasteiger partial charge in [0.15, 0.2) is 0 Å². The van der Waals surface area contributed by atoms with Crippen LogP contribution < -0.4 is 56.5 Å². The van der Waals surface area contributed by atoms with Gasteiger partial charge < -0.3 is 9.90 Å². The Morgan fingerprint density at radius 3 is 1.84 bits per heavy atom. The first-order valence-electron chi connectivity index (χ1n) is 7.62. The van der Waals surface area contributed by atoms with Gasteiger partial charge in [-0.1, -0.05) is 57.6 Å². The van der Waals surface area contributed by atoms with Gasteiger partial charge in [0, 0.05) is 5.97 Å². The summed E-state index contributed by atoms with van der Waals surface area (Å²) in [5.41, 5.74) is 0. The zero-order valence-electron chi connectivity index (χ0n) is 13.0. The molecule has 19 heavy (non-hydrogen) atoms. The molecule has 0 fully saturated rings. The molecular formula is C16H29KO2. The standard InChI is InChI=1S/C16H30O2.K/c1-2-3-4-5-6-7-8-9-10-11-12-13-14-15-16(17)18;/h7-8H,2-6,9-15H2,1H3,(H,17,18);/q;+1/p-1/b8-7+;. The van der Waals surface area contributed by atoms with Crippen molar-refractivity contribution in [3.63, 3.8) is 0 Å². The molecule has 0 N–H and O–H groups in total. The van der Waals surface area contributed by atoms with Crippen LogP contribution in [0.25, 0.3) is 0 Å². The Labute approximate surface area is 161 Å². The van der Waals surface area contributed by atoms with Gasteiger partial charge in [0.1, 0.15) is 0 Å². The van der Waals surface area contributed by atoms with E-state index >= 15 is 0 Å². The van der Waals surface area contributed by atoms with Crippen molar-refractivity contribution in [1.82, 2.24) is 0 Å². The SMILES string of the molecule is CCCCCC/C=C/CCCCCCCC(=O)[O-].[K+]. The molecule has 0 aromatic carbocycles. The van der Waals surface area contributed by atoms with Crippen molar-refractivity contribution in [1.29, 1.82) is 0 Å². The second-order valence-corrected chi connectivity index (χ2v) is 5.00. The molecule has 0 saturated carbocycles. The number of rotatable bonds is 13. The molecule has 0 aromatic heterocycles. The first-order valence-corrected chi connectivity index (χ1v) is 7.62. The normalized spacial score (nSPS) is 10.6. The van der Waals surface area contributed by atoms with E-state index in [2.05, 4.69) is 19.1 Å². The molecule has 0 radical (unpaired) electrons. The zero-order chi connectivity index (χ0) is 13.5. The van der Waals surface area contributed by atoms with E-state index in [4.69, 9.17) is 0 Å². The largest absolute Gasteiger partial charge is 1.00 e. The van der Waals surface area contributed by atoms with E-state index < -0.39 is 5.97 Å². The molecule has 0 aliphatic rings. The molecule has 106 valence electrons. The second kappa shape index (κ2) is 18.8. The van der Waals surface area contributed by atoms with Crippen molar-refractivity contribution in [3.8, 4) is 0 Å². The fraction of sp³-hybridized carbons (Fsp3) is 0.812. The third-order valence-electron chi connectivity index (χ3n) is 3.14. The van der Waals surface area contributed by atoms with Gasteiger partial charge in [0.25, 0.3) is 0 Å². The Kier molecular flexibility index (Phi) is 22.0. The van der Waals surface area contributed by atoms with E-state index in [1.165, 1.54) is 51.4 Å². The molecule has 0 saturated heterocycles. The number of carboxylic acid groups (broad SMARTS) is 1. The van der Waals surface area contributed by atoms with Crippen LogP contribution in [0.3, 0.4) is 0 Å². The van der Waals surface area contributed by atoms with Crippen LogP contribution >= 0.6 is 0 Å². The average molecular weight is 293 g/mol. The van der Waals surface area contributed by atoms with E-state index in [1.807, 2.05) is 0 Å². The van der Waals surface area contributed by atoms with Crippen LogP contribution in [-0.4, -0.2) is 5.97 Å². The van der Waals surface area contributed by atoms with Crippen LogP contribution in [0, 0.1) is 0 Å². The molecule has 0 rings (SSSR count). The predicted octanol–water partition coefficient (Wildman–Crippen LogP) is 0.998. The van der Waals surface area contributed by atoms with E-state index in [-0.39, 0.29) is 57.8 Å². The van der Waals surface area contributed by atoms with E-state index in [1.54, 1.807) is 0 Å². The summed E-state index contributed by atoms with van der Waals surface area (Å²) >= 11 is 0. The summed E-state index contributed by atoms with van der Waals surface area (Å²) in [4.78, 5) is 10.2. The Balaban J connectivity index is 0. The topological polar surface area (TPSA) is 40.1 Å². The molecule has 0 amide bonds. The van der Waals surface area contributed by atoms with Crippen LogP contribution in [0.15, 0.2) is 12.2 Å². The number of hydrogen-bond donors (Lipinski definition) is 0. The van der Waals surface area contributed by atoms with Crippen molar-refractivity contribution >= 4 is 5.97 Å². The summed E-state index contributed by atoms with van der Waals surface area (Å²) in [7, 11) is 0. The molecule has 0 atom stereocenters. The summed E-state index contributed by atoms with van der Waals surface area (Å²) in [6.45, 7) is 2.24. The van der Waals surface area contributed by atoms with E-state index in [0.717, 1.165) is 19.3 Å². The molecule has 0 aliphatic heterocycles. The minimum absolute atomic E-state index is 0. The van der Waals surface area contributed by atoms with Gasteiger partial charge >= 0.3 is 51.4 Å². The first-order chi connectivity index (χ1) is 8.77. The van der Waals surface area contributed by atoms with Gasteiger partial charge in [-0.2, -0.15) is 0 Å². The van der Waals surface area contributed by atoms with Gasteiger partial charge in [-0.05, 0) is 38.5 Å². The minimum atomic E-state index is -0.916. The fourth-order valence-electron chi connectivity index (χ4n) is 1.99. The smallest absolute Gasteiger partial charge is 0.550 e. The molecule has 0 spiro atoms. The maximum Gasteiger partial charge on any atom is 1.00 e. The summed E-state index contributed by atoms with van der Waals surface area (Å²) in [6.07, 6.45) is 18.0. The van der Waals surface area contributed by atoms with E-state index in [0.29, 0.717) is 0 Å². The van der Waals surface area contributed by atoms with Crippen molar-refractivity contribution < 1.29 is 61.3 Å². The van der Waals surface area contributed by atoms with Gasteiger partial charge in [0.05, 0.1) is 0 Å². The number of carbonyl (C=O) groups excluding carboxylic acids is 1. The first kappa shape index (κ1) is 22.1. The molecular weight excluding hydrogens is 263 g/mol. The minimum Gasteiger partial charge on any atom is -0.550 e. The monoisotopic (exact) mass is 292 g/mol. The van der Waals surface area contributed by atoms with Crippen molar-refractivity contribution in [2.75, 3.05) is 0 Å². The molecule has 0 unspecified atom stereocenters. The number of aliphatic carboxylic acids is 1. The summed E-state index contributed by atoms with van der Waals surface area (Å²) in [5, 5.41) is 10.2.